The van der Waals surface area contributed by atoms with E-state index in [0.29, 0.717) is 35.0 Å². The topological polar surface area (TPSA) is 84.2 Å². The Kier molecular flexibility index (Phi) is 5.39. The van der Waals surface area contributed by atoms with E-state index in [4.69, 9.17) is 16.1 Å². The van der Waals surface area contributed by atoms with Gasteiger partial charge in [0.25, 0.3) is 5.91 Å². The molecule has 6 nitrogen and oxygen atoms in total. The van der Waals surface area contributed by atoms with Crippen LogP contribution in [0.2, 0.25) is 5.02 Å². The Hall–Kier alpha value is -2.34. The van der Waals surface area contributed by atoms with Crippen LogP contribution in [0, 0.1) is 13.8 Å². The molecule has 23 heavy (non-hydrogen) atoms. The maximum absolute atomic E-state index is 12.4. The minimum atomic E-state index is -0.312. The van der Waals surface area contributed by atoms with Crippen LogP contribution in [-0.2, 0) is 11.3 Å². The first kappa shape index (κ1) is 17.0. The van der Waals surface area contributed by atoms with Crippen molar-refractivity contribution in [2.45, 2.75) is 33.7 Å². The van der Waals surface area contributed by atoms with Gasteiger partial charge < -0.3 is 15.2 Å². The summed E-state index contributed by atoms with van der Waals surface area (Å²) in [6.07, 6.45) is 0.312. The molecule has 0 aliphatic heterocycles. The van der Waals surface area contributed by atoms with E-state index in [1.165, 1.54) is 0 Å². The molecule has 122 valence electrons. The van der Waals surface area contributed by atoms with Crippen LogP contribution in [0.25, 0.3) is 0 Å². The van der Waals surface area contributed by atoms with Crippen LogP contribution in [0.3, 0.4) is 0 Å². The van der Waals surface area contributed by atoms with E-state index in [1.54, 1.807) is 32.0 Å². The number of carbonyl (C=O) groups excluding carboxylic acids is 2. The Balaban J connectivity index is 2.17. The summed E-state index contributed by atoms with van der Waals surface area (Å²) in [7, 11) is 0. The van der Waals surface area contributed by atoms with Gasteiger partial charge in [-0.1, -0.05) is 23.7 Å². The Morgan fingerprint density at radius 2 is 2.04 bits per heavy atom. The molecule has 0 saturated heterocycles. The molecular formula is C16H18ClN3O3. The number of benzene rings is 1. The van der Waals surface area contributed by atoms with Gasteiger partial charge >= 0.3 is 0 Å². The summed E-state index contributed by atoms with van der Waals surface area (Å²) < 4.78 is 5.06. The lowest BCUT2D eigenvalue weighted by molar-refractivity contribution is -0.115. The second-order valence-corrected chi connectivity index (χ2v) is 5.51. The second-order valence-electron chi connectivity index (χ2n) is 5.08. The number of aryl methyl sites for hydroxylation is 2. The molecule has 2 N–H and O–H groups in total. The number of amides is 2. The Morgan fingerprint density at radius 3 is 2.65 bits per heavy atom. The SMILES string of the molecule is CCC(=O)Nc1cc(Cl)ccc1C(=O)NCc1c(C)noc1C. The van der Waals surface area contributed by atoms with Gasteiger partial charge in [0.2, 0.25) is 5.91 Å². The maximum Gasteiger partial charge on any atom is 0.253 e. The van der Waals surface area contributed by atoms with Gasteiger partial charge in [0.15, 0.2) is 0 Å². The Labute approximate surface area is 139 Å². The first-order chi connectivity index (χ1) is 10.9. The lowest BCUT2D eigenvalue weighted by atomic mass is 10.1. The molecule has 0 aliphatic carbocycles. The van der Waals surface area contributed by atoms with Crippen molar-refractivity contribution in [2.24, 2.45) is 0 Å². The van der Waals surface area contributed by atoms with Crippen molar-refractivity contribution in [1.82, 2.24) is 10.5 Å². The predicted octanol–water partition coefficient (Wildman–Crippen LogP) is 3.22. The van der Waals surface area contributed by atoms with Crippen LogP contribution in [0.4, 0.5) is 5.69 Å². The average Bonchev–Trinajstić information content (AvgIpc) is 2.83. The van der Waals surface area contributed by atoms with Gasteiger partial charge in [-0.2, -0.15) is 0 Å². The number of anilines is 1. The summed E-state index contributed by atoms with van der Waals surface area (Å²) in [5, 5.41) is 9.77. The van der Waals surface area contributed by atoms with Crippen molar-refractivity contribution < 1.29 is 14.1 Å². The third kappa shape index (κ3) is 4.10. The maximum atomic E-state index is 12.4. The first-order valence-corrected chi connectivity index (χ1v) is 7.59. The third-order valence-electron chi connectivity index (χ3n) is 3.43. The highest BCUT2D eigenvalue weighted by atomic mass is 35.5. The van der Waals surface area contributed by atoms with E-state index in [9.17, 15) is 9.59 Å². The van der Waals surface area contributed by atoms with E-state index >= 15 is 0 Å². The van der Waals surface area contributed by atoms with Crippen LogP contribution in [-0.4, -0.2) is 17.0 Å². The molecule has 0 saturated carbocycles. The number of hydrogen-bond donors (Lipinski definition) is 2. The summed E-state index contributed by atoms with van der Waals surface area (Å²) >= 11 is 5.94. The van der Waals surface area contributed by atoms with Crippen molar-refractivity contribution in [2.75, 3.05) is 5.32 Å². The highest BCUT2D eigenvalue weighted by Crippen LogP contribution is 2.22. The third-order valence-corrected chi connectivity index (χ3v) is 3.66. The van der Waals surface area contributed by atoms with Crippen molar-refractivity contribution in [3.8, 4) is 0 Å². The quantitative estimate of drug-likeness (QED) is 0.878. The van der Waals surface area contributed by atoms with Crippen molar-refractivity contribution in [3.63, 3.8) is 0 Å². The normalized spacial score (nSPS) is 10.4. The Bertz CT molecular complexity index is 721. The number of carbonyl (C=O) groups is 2. The van der Waals surface area contributed by atoms with E-state index < -0.39 is 0 Å². The van der Waals surface area contributed by atoms with Crippen LogP contribution in [0.5, 0.6) is 0 Å². The molecule has 1 aromatic heterocycles. The van der Waals surface area contributed by atoms with E-state index in [1.807, 2.05) is 6.92 Å². The average molecular weight is 336 g/mol. The molecule has 2 aromatic rings. The minimum Gasteiger partial charge on any atom is -0.361 e. The van der Waals surface area contributed by atoms with Gasteiger partial charge in [-0.05, 0) is 32.0 Å². The van der Waals surface area contributed by atoms with Crippen molar-refractivity contribution >= 4 is 29.1 Å². The highest BCUT2D eigenvalue weighted by Gasteiger charge is 2.15. The largest absolute Gasteiger partial charge is 0.361 e. The minimum absolute atomic E-state index is 0.188. The van der Waals surface area contributed by atoms with Gasteiger partial charge in [0, 0.05) is 23.6 Å². The van der Waals surface area contributed by atoms with E-state index in [2.05, 4.69) is 15.8 Å². The lowest BCUT2D eigenvalue weighted by Crippen LogP contribution is -2.25. The van der Waals surface area contributed by atoms with Gasteiger partial charge in [-0.25, -0.2) is 0 Å². The van der Waals surface area contributed by atoms with Crippen molar-refractivity contribution in [1.29, 1.82) is 0 Å². The molecule has 0 fully saturated rings. The van der Waals surface area contributed by atoms with E-state index in [0.717, 1.165) is 11.3 Å². The van der Waals surface area contributed by atoms with Crippen LogP contribution < -0.4 is 10.6 Å². The second kappa shape index (κ2) is 7.28. The molecule has 0 atom stereocenters. The zero-order valence-electron chi connectivity index (χ0n) is 13.2. The number of nitrogens with one attached hydrogen (secondary N) is 2. The molecule has 0 aliphatic rings. The van der Waals surface area contributed by atoms with Gasteiger partial charge in [0.1, 0.15) is 5.76 Å². The fourth-order valence-electron chi connectivity index (χ4n) is 2.07. The van der Waals surface area contributed by atoms with Gasteiger partial charge in [0.05, 0.1) is 16.9 Å². The van der Waals surface area contributed by atoms with Crippen LogP contribution in [0.15, 0.2) is 22.7 Å². The van der Waals surface area contributed by atoms with Crippen LogP contribution >= 0.6 is 11.6 Å². The number of nitrogens with zero attached hydrogens (tertiary/aromatic N) is 1. The summed E-state index contributed by atoms with van der Waals surface area (Å²) in [6, 6.07) is 4.74. The summed E-state index contributed by atoms with van der Waals surface area (Å²) in [6.45, 7) is 5.63. The number of halogens is 1. The number of aromatic nitrogens is 1. The molecule has 0 unspecified atom stereocenters. The Morgan fingerprint density at radius 1 is 1.30 bits per heavy atom. The monoisotopic (exact) mass is 335 g/mol. The molecule has 0 radical (unpaired) electrons. The molecule has 0 spiro atoms. The fourth-order valence-corrected chi connectivity index (χ4v) is 2.25. The highest BCUT2D eigenvalue weighted by molar-refractivity contribution is 6.31. The fraction of sp³-hybridized carbons (Fsp3) is 0.312. The summed E-state index contributed by atoms with van der Waals surface area (Å²) in [5.41, 5.74) is 2.31. The van der Waals surface area contributed by atoms with E-state index in [-0.39, 0.29) is 11.8 Å². The van der Waals surface area contributed by atoms with Gasteiger partial charge in [-0.3, -0.25) is 9.59 Å². The molecule has 7 heteroatoms. The van der Waals surface area contributed by atoms with Crippen molar-refractivity contribution in [3.05, 3.63) is 45.8 Å². The zero-order chi connectivity index (χ0) is 17.0. The smallest absolute Gasteiger partial charge is 0.253 e. The predicted molar refractivity (Wildman–Crippen MR) is 87.5 cm³/mol. The number of rotatable bonds is 5. The zero-order valence-corrected chi connectivity index (χ0v) is 14.0. The molecule has 2 rings (SSSR count). The molecular weight excluding hydrogens is 318 g/mol. The lowest BCUT2D eigenvalue weighted by Gasteiger charge is -2.11. The molecule has 1 aromatic carbocycles. The standard InChI is InChI=1S/C16H18ClN3O3/c1-4-15(21)19-14-7-11(17)5-6-12(14)16(22)18-8-13-9(2)20-23-10(13)3/h5-7H,4,8H2,1-3H3,(H,18,22)(H,19,21). The van der Waals surface area contributed by atoms with Crippen LogP contribution in [0.1, 0.15) is 40.7 Å². The van der Waals surface area contributed by atoms with Gasteiger partial charge in [-0.15, -0.1) is 0 Å². The summed E-state index contributed by atoms with van der Waals surface area (Å²) in [4.78, 5) is 24.0. The summed E-state index contributed by atoms with van der Waals surface area (Å²) in [5.74, 6) is 0.165. The molecule has 1 heterocycles. The molecule has 0 bridgehead atoms. The first-order valence-electron chi connectivity index (χ1n) is 7.21. The number of hydrogen-bond acceptors (Lipinski definition) is 4. The molecule has 2 amide bonds.